The molecule has 0 rings (SSSR count). The zero-order chi connectivity index (χ0) is 7.44. The van der Waals surface area contributed by atoms with Gasteiger partial charge in [0.15, 0.2) is 0 Å². The SMILES string of the molecule is C=C(C)C(=O)NC(=O)O. The molecule has 2 amide bonds. The highest BCUT2D eigenvalue weighted by molar-refractivity contribution is 6.00. The maximum atomic E-state index is 10.4. The maximum Gasteiger partial charge on any atom is 0.411 e. The van der Waals surface area contributed by atoms with Crippen molar-refractivity contribution < 1.29 is 14.7 Å². The molecule has 0 unspecified atom stereocenters. The fourth-order valence-corrected chi connectivity index (χ4v) is 0.204. The molecular weight excluding hydrogens is 122 g/mol. The highest BCUT2D eigenvalue weighted by Crippen LogP contribution is 1.83. The van der Waals surface area contributed by atoms with Crippen LogP contribution in [0.3, 0.4) is 0 Å². The summed E-state index contributed by atoms with van der Waals surface area (Å²) in [5.74, 6) is -0.664. The van der Waals surface area contributed by atoms with Gasteiger partial charge in [-0.25, -0.2) is 4.79 Å². The number of carbonyl (C=O) groups is 2. The highest BCUT2D eigenvalue weighted by atomic mass is 16.4. The van der Waals surface area contributed by atoms with Crippen molar-refractivity contribution in [3.05, 3.63) is 12.2 Å². The van der Waals surface area contributed by atoms with Crippen LogP contribution in [0.2, 0.25) is 0 Å². The molecule has 0 aliphatic heterocycles. The van der Waals surface area contributed by atoms with Crippen LogP contribution in [-0.4, -0.2) is 17.1 Å². The van der Waals surface area contributed by atoms with E-state index in [0.29, 0.717) is 0 Å². The number of hydrogen-bond acceptors (Lipinski definition) is 2. The second-order valence-electron chi connectivity index (χ2n) is 1.54. The van der Waals surface area contributed by atoms with E-state index in [1.807, 2.05) is 0 Å². The molecule has 4 nitrogen and oxygen atoms in total. The Kier molecular flexibility index (Phi) is 2.44. The lowest BCUT2D eigenvalue weighted by Gasteiger charge is -1.94. The minimum Gasteiger partial charge on any atom is -0.465 e. The number of imide groups is 1. The third-order valence-electron chi connectivity index (χ3n) is 0.608. The van der Waals surface area contributed by atoms with Crippen molar-refractivity contribution in [2.45, 2.75) is 6.92 Å². The Morgan fingerprint density at radius 1 is 1.56 bits per heavy atom. The van der Waals surface area contributed by atoms with Crippen molar-refractivity contribution in [1.29, 1.82) is 0 Å². The van der Waals surface area contributed by atoms with Gasteiger partial charge in [-0.1, -0.05) is 6.58 Å². The van der Waals surface area contributed by atoms with Crippen LogP contribution in [-0.2, 0) is 4.79 Å². The number of nitrogens with one attached hydrogen (secondary N) is 1. The predicted molar refractivity (Wildman–Crippen MR) is 31.0 cm³/mol. The second-order valence-corrected chi connectivity index (χ2v) is 1.54. The molecule has 0 aliphatic carbocycles. The molecule has 2 N–H and O–H groups in total. The highest BCUT2D eigenvalue weighted by Gasteiger charge is 2.03. The molecule has 4 heteroatoms. The molecule has 0 aromatic heterocycles. The van der Waals surface area contributed by atoms with Gasteiger partial charge in [0.25, 0.3) is 5.91 Å². The monoisotopic (exact) mass is 129 g/mol. The van der Waals surface area contributed by atoms with Gasteiger partial charge in [0.1, 0.15) is 0 Å². The third-order valence-corrected chi connectivity index (χ3v) is 0.608. The molecule has 0 aromatic rings. The number of carbonyl (C=O) groups excluding carboxylic acids is 1. The van der Waals surface area contributed by atoms with Crippen molar-refractivity contribution in [1.82, 2.24) is 5.32 Å². The zero-order valence-corrected chi connectivity index (χ0v) is 4.97. The summed E-state index contributed by atoms with van der Waals surface area (Å²) < 4.78 is 0. The summed E-state index contributed by atoms with van der Waals surface area (Å²) in [4.78, 5) is 20.1. The fourth-order valence-electron chi connectivity index (χ4n) is 0.204. The van der Waals surface area contributed by atoms with Crippen LogP contribution in [0.1, 0.15) is 6.92 Å². The van der Waals surface area contributed by atoms with Gasteiger partial charge >= 0.3 is 6.09 Å². The smallest absolute Gasteiger partial charge is 0.411 e. The molecule has 0 aromatic carbocycles. The Morgan fingerprint density at radius 2 is 2.00 bits per heavy atom. The van der Waals surface area contributed by atoms with E-state index in [4.69, 9.17) is 5.11 Å². The van der Waals surface area contributed by atoms with E-state index in [1.165, 1.54) is 6.92 Å². The Balaban J connectivity index is 3.79. The molecule has 0 fully saturated rings. The van der Waals surface area contributed by atoms with Crippen LogP contribution in [0.25, 0.3) is 0 Å². The van der Waals surface area contributed by atoms with Crippen LogP contribution in [0.5, 0.6) is 0 Å². The van der Waals surface area contributed by atoms with Crippen LogP contribution < -0.4 is 5.32 Å². The largest absolute Gasteiger partial charge is 0.465 e. The zero-order valence-electron chi connectivity index (χ0n) is 4.97. The summed E-state index contributed by atoms with van der Waals surface area (Å²) in [6, 6.07) is 0. The number of carboxylic acid groups (broad SMARTS) is 1. The minimum absolute atomic E-state index is 0.178. The van der Waals surface area contributed by atoms with E-state index < -0.39 is 12.0 Å². The van der Waals surface area contributed by atoms with Gasteiger partial charge < -0.3 is 5.11 Å². The molecule has 0 bridgehead atoms. The number of rotatable bonds is 1. The average Bonchev–Trinajstić information content (AvgIpc) is 1.63. The van der Waals surface area contributed by atoms with E-state index in [1.54, 1.807) is 5.32 Å². The standard InChI is InChI=1S/C5H7NO3/c1-3(2)4(7)6-5(8)9/h1H2,2H3,(H,6,7)(H,8,9). The Labute approximate surface area is 52.2 Å². The minimum atomic E-state index is -1.36. The predicted octanol–water partition coefficient (Wildman–Crippen LogP) is 0.357. The normalized spacial score (nSPS) is 8.11. The molecule has 0 saturated heterocycles. The van der Waals surface area contributed by atoms with E-state index in [2.05, 4.69) is 6.58 Å². The topological polar surface area (TPSA) is 66.4 Å². The van der Waals surface area contributed by atoms with Crippen molar-refractivity contribution in [2.24, 2.45) is 0 Å². The molecule has 0 atom stereocenters. The third kappa shape index (κ3) is 3.28. The lowest BCUT2D eigenvalue weighted by Crippen LogP contribution is -2.28. The summed E-state index contributed by atoms with van der Waals surface area (Å²) in [6.07, 6.45) is -1.36. The van der Waals surface area contributed by atoms with Gasteiger partial charge in [0.05, 0.1) is 0 Å². The first-order chi connectivity index (χ1) is 4.04. The van der Waals surface area contributed by atoms with Crippen LogP contribution >= 0.6 is 0 Å². The first-order valence-corrected chi connectivity index (χ1v) is 2.24. The average molecular weight is 129 g/mol. The van der Waals surface area contributed by atoms with Crippen LogP contribution in [0.4, 0.5) is 4.79 Å². The molecule has 0 saturated carbocycles. The number of hydrogen-bond donors (Lipinski definition) is 2. The summed E-state index contributed by atoms with van der Waals surface area (Å²) in [5.41, 5.74) is 0.178. The van der Waals surface area contributed by atoms with Gasteiger partial charge in [0.2, 0.25) is 0 Å². The van der Waals surface area contributed by atoms with E-state index in [-0.39, 0.29) is 5.57 Å². The van der Waals surface area contributed by atoms with E-state index in [9.17, 15) is 9.59 Å². The Bertz CT molecular complexity index is 162. The van der Waals surface area contributed by atoms with Crippen LogP contribution in [0.15, 0.2) is 12.2 Å². The van der Waals surface area contributed by atoms with E-state index in [0.717, 1.165) is 0 Å². The first kappa shape index (κ1) is 7.68. The first-order valence-electron chi connectivity index (χ1n) is 2.24. The van der Waals surface area contributed by atoms with Gasteiger partial charge in [-0.2, -0.15) is 0 Å². The fraction of sp³-hybridized carbons (Fsp3) is 0.200. The summed E-state index contributed by atoms with van der Waals surface area (Å²) in [5, 5.41) is 9.58. The molecule has 0 radical (unpaired) electrons. The van der Waals surface area contributed by atoms with Crippen molar-refractivity contribution >= 4 is 12.0 Å². The van der Waals surface area contributed by atoms with Gasteiger partial charge in [0, 0.05) is 5.57 Å². The van der Waals surface area contributed by atoms with Gasteiger partial charge in [-0.15, -0.1) is 0 Å². The molecule has 0 heterocycles. The lowest BCUT2D eigenvalue weighted by atomic mass is 10.3. The molecule has 0 spiro atoms. The van der Waals surface area contributed by atoms with Crippen molar-refractivity contribution in [3.63, 3.8) is 0 Å². The van der Waals surface area contributed by atoms with Crippen molar-refractivity contribution in [2.75, 3.05) is 0 Å². The Hall–Kier alpha value is -1.32. The quantitative estimate of drug-likeness (QED) is 0.502. The summed E-state index contributed by atoms with van der Waals surface area (Å²) in [6.45, 7) is 4.66. The number of amides is 2. The Morgan fingerprint density at radius 3 is 2.11 bits per heavy atom. The van der Waals surface area contributed by atoms with Crippen LogP contribution in [0, 0.1) is 0 Å². The molecule has 50 valence electrons. The summed E-state index contributed by atoms with van der Waals surface area (Å²) in [7, 11) is 0. The molecular formula is C5H7NO3. The second kappa shape index (κ2) is 2.86. The lowest BCUT2D eigenvalue weighted by molar-refractivity contribution is -0.116. The van der Waals surface area contributed by atoms with Gasteiger partial charge in [-0.05, 0) is 6.92 Å². The summed E-state index contributed by atoms with van der Waals surface area (Å²) >= 11 is 0. The molecule has 9 heavy (non-hydrogen) atoms. The van der Waals surface area contributed by atoms with Crippen molar-refractivity contribution in [3.8, 4) is 0 Å². The molecule has 0 aliphatic rings. The van der Waals surface area contributed by atoms with Gasteiger partial charge in [-0.3, -0.25) is 10.1 Å². The van der Waals surface area contributed by atoms with E-state index >= 15 is 0 Å². The maximum absolute atomic E-state index is 10.4.